The van der Waals surface area contributed by atoms with Gasteiger partial charge < -0.3 is 20.3 Å². The standard InChI is InChI=1S/C53H95NO5/c1-4-7-10-13-16-19-22-25-27-30-33-36-39-42-45-51(56)50(48-55)54-52(57)47-49(44-41-38-35-32-29-24-21-18-15-12-9-6-3)59-53(58)46-43-40-37-34-31-28-26-23-20-17-14-11-8-5-2/h8-9,11-12,17-18,20-21,29,32,49-51,55-56H,4-7,10,13-16,19,22-28,30-31,33-48H2,1-3H3,(H,54,57)/b11-8+,12-9+,20-17+,21-18+,32-29+. The van der Waals surface area contributed by atoms with Crippen molar-refractivity contribution in [2.75, 3.05) is 6.61 Å². The molecule has 0 saturated heterocycles. The van der Waals surface area contributed by atoms with Crippen LogP contribution >= 0.6 is 0 Å². The summed E-state index contributed by atoms with van der Waals surface area (Å²) >= 11 is 0. The molecule has 3 unspecified atom stereocenters. The van der Waals surface area contributed by atoms with E-state index in [1.807, 2.05) is 0 Å². The van der Waals surface area contributed by atoms with Crippen LogP contribution in [0.2, 0.25) is 0 Å². The lowest BCUT2D eigenvalue weighted by Crippen LogP contribution is -2.46. The molecule has 59 heavy (non-hydrogen) atoms. The van der Waals surface area contributed by atoms with Crippen LogP contribution in [0.15, 0.2) is 60.8 Å². The molecule has 3 N–H and O–H groups in total. The van der Waals surface area contributed by atoms with E-state index >= 15 is 0 Å². The number of hydrogen-bond donors (Lipinski definition) is 3. The fourth-order valence-electron chi connectivity index (χ4n) is 7.36. The van der Waals surface area contributed by atoms with Crippen LogP contribution in [-0.4, -0.2) is 46.9 Å². The molecule has 0 aliphatic carbocycles. The van der Waals surface area contributed by atoms with Gasteiger partial charge in [0.1, 0.15) is 6.10 Å². The number of nitrogens with one attached hydrogen (secondary N) is 1. The highest BCUT2D eigenvalue weighted by Gasteiger charge is 2.24. The molecule has 0 saturated carbocycles. The fourth-order valence-corrected chi connectivity index (χ4v) is 7.36. The van der Waals surface area contributed by atoms with Crippen LogP contribution < -0.4 is 5.32 Å². The van der Waals surface area contributed by atoms with Crippen LogP contribution in [0.1, 0.15) is 239 Å². The summed E-state index contributed by atoms with van der Waals surface area (Å²) < 4.78 is 5.90. The maximum Gasteiger partial charge on any atom is 0.306 e. The highest BCUT2D eigenvalue weighted by atomic mass is 16.5. The zero-order valence-electron chi connectivity index (χ0n) is 38.9. The first-order valence-corrected chi connectivity index (χ1v) is 25.0. The van der Waals surface area contributed by atoms with Gasteiger partial charge in [-0.25, -0.2) is 0 Å². The zero-order valence-corrected chi connectivity index (χ0v) is 38.9. The Kier molecular flexibility index (Phi) is 44.7. The second kappa shape index (κ2) is 46.6. The van der Waals surface area contributed by atoms with E-state index < -0.39 is 18.2 Å². The number of aliphatic hydroxyl groups excluding tert-OH is 2. The smallest absolute Gasteiger partial charge is 0.306 e. The summed E-state index contributed by atoms with van der Waals surface area (Å²) in [4.78, 5) is 26.1. The Morgan fingerprint density at radius 3 is 1.41 bits per heavy atom. The monoisotopic (exact) mass is 826 g/mol. The summed E-state index contributed by atoms with van der Waals surface area (Å²) in [5.41, 5.74) is 0. The topological polar surface area (TPSA) is 95.9 Å². The lowest BCUT2D eigenvalue weighted by Gasteiger charge is -2.24. The van der Waals surface area contributed by atoms with Crippen molar-refractivity contribution >= 4 is 11.9 Å². The number of esters is 1. The van der Waals surface area contributed by atoms with Crippen LogP contribution in [0.3, 0.4) is 0 Å². The lowest BCUT2D eigenvalue weighted by atomic mass is 10.0. The summed E-state index contributed by atoms with van der Waals surface area (Å²) in [6.45, 7) is 6.25. The summed E-state index contributed by atoms with van der Waals surface area (Å²) in [7, 11) is 0. The molecule has 1 amide bonds. The second-order valence-electron chi connectivity index (χ2n) is 16.8. The minimum absolute atomic E-state index is 0.0472. The molecular weight excluding hydrogens is 731 g/mol. The Labute approximate surface area is 365 Å². The number of hydrogen-bond acceptors (Lipinski definition) is 5. The average Bonchev–Trinajstić information content (AvgIpc) is 3.23. The molecule has 0 fully saturated rings. The molecule has 0 radical (unpaired) electrons. The van der Waals surface area contributed by atoms with Crippen molar-refractivity contribution in [1.82, 2.24) is 5.32 Å². The van der Waals surface area contributed by atoms with Crippen molar-refractivity contribution in [1.29, 1.82) is 0 Å². The van der Waals surface area contributed by atoms with Gasteiger partial charge in [-0.3, -0.25) is 9.59 Å². The fraction of sp³-hybridized carbons (Fsp3) is 0.774. The second-order valence-corrected chi connectivity index (χ2v) is 16.8. The number of aliphatic hydroxyl groups is 2. The highest BCUT2D eigenvalue weighted by Crippen LogP contribution is 2.17. The third-order valence-corrected chi connectivity index (χ3v) is 11.1. The molecule has 0 spiro atoms. The Bertz CT molecular complexity index is 1060. The minimum atomic E-state index is -0.800. The molecule has 0 aromatic carbocycles. The summed E-state index contributed by atoms with van der Waals surface area (Å²) in [5, 5.41) is 23.7. The molecule has 0 aromatic rings. The lowest BCUT2D eigenvalue weighted by molar-refractivity contribution is -0.151. The molecule has 3 atom stereocenters. The number of allylic oxidation sites excluding steroid dienone is 10. The van der Waals surface area contributed by atoms with E-state index in [0.29, 0.717) is 19.3 Å². The van der Waals surface area contributed by atoms with Crippen LogP contribution in [0.25, 0.3) is 0 Å². The largest absolute Gasteiger partial charge is 0.462 e. The van der Waals surface area contributed by atoms with E-state index in [1.165, 1.54) is 96.3 Å². The molecular formula is C53H95NO5. The van der Waals surface area contributed by atoms with E-state index in [-0.39, 0.29) is 24.9 Å². The van der Waals surface area contributed by atoms with Gasteiger partial charge >= 0.3 is 5.97 Å². The summed E-state index contributed by atoms with van der Waals surface area (Å²) in [6.07, 6.45) is 57.1. The molecule has 0 aromatic heterocycles. The number of amides is 1. The molecule has 6 heteroatoms. The van der Waals surface area contributed by atoms with Crippen molar-refractivity contribution < 1.29 is 24.5 Å². The maximum atomic E-state index is 13.2. The average molecular weight is 826 g/mol. The van der Waals surface area contributed by atoms with Gasteiger partial charge in [0.15, 0.2) is 0 Å². The van der Waals surface area contributed by atoms with Crippen molar-refractivity contribution in [3.8, 4) is 0 Å². The van der Waals surface area contributed by atoms with Gasteiger partial charge in [-0.2, -0.15) is 0 Å². The number of carbonyl (C=O) groups is 2. The van der Waals surface area contributed by atoms with Gasteiger partial charge in [0.25, 0.3) is 0 Å². The SMILES string of the molecule is CC/C=C/C/C=C/C/C=C/CCCCC(CC(=O)NC(CO)C(O)CCCCCCCCCCCCCCCC)OC(=O)CCCCCCCCC/C=C/C/C=C/CC. The minimum Gasteiger partial charge on any atom is -0.462 e. The van der Waals surface area contributed by atoms with Crippen LogP contribution in [-0.2, 0) is 14.3 Å². The molecule has 6 nitrogen and oxygen atoms in total. The zero-order chi connectivity index (χ0) is 43.1. The molecule has 0 rings (SSSR count). The highest BCUT2D eigenvalue weighted by molar-refractivity contribution is 5.77. The van der Waals surface area contributed by atoms with Crippen LogP contribution in [0, 0.1) is 0 Å². The Hall–Kier alpha value is -2.44. The van der Waals surface area contributed by atoms with Crippen molar-refractivity contribution in [3.05, 3.63) is 60.8 Å². The van der Waals surface area contributed by atoms with Crippen LogP contribution in [0.4, 0.5) is 0 Å². The van der Waals surface area contributed by atoms with Crippen LogP contribution in [0.5, 0.6) is 0 Å². The van der Waals surface area contributed by atoms with Gasteiger partial charge in [0, 0.05) is 6.42 Å². The van der Waals surface area contributed by atoms with Gasteiger partial charge in [-0.15, -0.1) is 0 Å². The first-order valence-electron chi connectivity index (χ1n) is 25.0. The van der Waals surface area contributed by atoms with Crippen molar-refractivity contribution in [2.45, 2.75) is 257 Å². The first-order chi connectivity index (χ1) is 29.0. The van der Waals surface area contributed by atoms with E-state index in [1.54, 1.807) is 0 Å². The first kappa shape index (κ1) is 56.6. The number of rotatable bonds is 44. The third kappa shape index (κ3) is 42.1. The van der Waals surface area contributed by atoms with E-state index in [0.717, 1.165) is 96.3 Å². The number of ether oxygens (including phenoxy) is 1. The van der Waals surface area contributed by atoms with E-state index in [9.17, 15) is 19.8 Å². The molecule has 0 aliphatic heterocycles. The summed E-state index contributed by atoms with van der Waals surface area (Å²) in [6, 6.07) is -0.716. The Balaban J connectivity index is 4.60. The molecule has 342 valence electrons. The molecule has 0 heterocycles. The predicted molar refractivity (Wildman–Crippen MR) is 255 cm³/mol. The Morgan fingerprint density at radius 2 is 0.915 bits per heavy atom. The summed E-state index contributed by atoms with van der Waals surface area (Å²) in [5.74, 6) is -0.522. The van der Waals surface area contributed by atoms with Gasteiger partial charge in [0.2, 0.25) is 5.91 Å². The van der Waals surface area contributed by atoms with E-state index in [4.69, 9.17) is 4.74 Å². The van der Waals surface area contributed by atoms with Gasteiger partial charge in [0.05, 0.1) is 25.2 Å². The van der Waals surface area contributed by atoms with Gasteiger partial charge in [-0.1, -0.05) is 204 Å². The normalized spacial score (nSPS) is 13.8. The van der Waals surface area contributed by atoms with Crippen molar-refractivity contribution in [3.63, 3.8) is 0 Å². The number of carbonyl (C=O) groups excluding carboxylic acids is 2. The quantitative estimate of drug-likeness (QED) is 0.0323. The Morgan fingerprint density at radius 1 is 0.508 bits per heavy atom. The molecule has 0 bridgehead atoms. The van der Waals surface area contributed by atoms with Gasteiger partial charge in [-0.05, 0) is 83.5 Å². The van der Waals surface area contributed by atoms with E-state index in [2.05, 4.69) is 86.8 Å². The molecule has 0 aliphatic rings. The van der Waals surface area contributed by atoms with Crippen molar-refractivity contribution in [2.24, 2.45) is 0 Å². The third-order valence-electron chi connectivity index (χ3n) is 11.1. The maximum absolute atomic E-state index is 13.2. The predicted octanol–water partition coefficient (Wildman–Crippen LogP) is 14.8. The number of unbranched alkanes of at least 4 members (excludes halogenated alkanes) is 22.